The molecule has 0 bridgehead atoms. The number of aromatic nitrogens is 2. The Balaban J connectivity index is 1.87. The van der Waals surface area contributed by atoms with E-state index in [1.54, 1.807) is 24.4 Å². The van der Waals surface area contributed by atoms with Gasteiger partial charge in [-0.2, -0.15) is 0 Å². The van der Waals surface area contributed by atoms with Gasteiger partial charge in [0.25, 0.3) is 0 Å². The number of fused-ring (bicyclic) bond motifs is 1. The maximum absolute atomic E-state index is 12.4. The molecule has 3 rings (SSSR count). The molecule has 1 aliphatic carbocycles. The van der Waals surface area contributed by atoms with Gasteiger partial charge in [0.1, 0.15) is 10.5 Å². The summed E-state index contributed by atoms with van der Waals surface area (Å²) >= 11 is 0. The second-order valence-corrected chi connectivity index (χ2v) is 6.53. The quantitative estimate of drug-likeness (QED) is 0.726. The molecule has 0 unspecified atom stereocenters. The maximum Gasteiger partial charge on any atom is 0.243 e. The number of aromatic amines is 1. The van der Waals surface area contributed by atoms with Gasteiger partial charge in [-0.05, 0) is 18.6 Å². The number of H-pyrrole nitrogens is 1. The summed E-state index contributed by atoms with van der Waals surface area (Å²) in [7, 11) is -3.61. The standard InChI is InChI=1S/C13H15N3O3S/c17-8-9-3-4-10(6-9)16-20(18,19)12-7-15-13-11(12)2-1-5-14-13/h1-5,7,9-10,16-17H,6,8H2,(H,14,15)/t9-,10+/m0/s1. The first-order valence-electron chi connectivity index (χ1n) is 6.34. The number of rotatable bonds is 4. The average Bonchev–Trinajstić information content (AvgIpc) is 3.04. The van der Waals surface area contributed by atoms with E-state index in [1.165, 1.54) is 6.20 Å². The van der Waals surface area contributed by atoms with E-state index in [-0.39, 0.29) is 23.5 Å². The molecule has 6 nitrogen and oxygen atoms in total. The van der Waals surface area contributed by atoms with E-state index in [4.69, 9.17) is 5.11 Å². The van der Waals surface area contributed by atoms with Crippen LogP contribution in [-0.2, 0) is 10.0 Å². The fourth-order valence-electron chi connectivity index (χ4n) is 2.41. The molecule has 2 aromatic heterocycles. The molecule has 0 spiro atoms. The Morgan fingerprint density at radius 3 is 3.05 bits per heavy atom. The van der Waals surface area contributed by atoms with Crippen LogP contribution in [0.2, 0.25) is 0 Å². The van der Waals surface area contributed by atoms with Crippen molar-refractivity contribution in [2.45, 2.75) is 17.4 Å². The largest absolute Gasteiger partial charge is 0.396 e. The van der Waals surface area contributed by atoms with E-state index in [1.807, 2.05) is 6.08 Å². The van der Waals surface area contributed by atoms with Gasteiger partial charge in [-0.25, -0.2) is 18.1 Å². The van der Waals surface area contributed by atoms with Gasteiger partial charge in [0.15, 0.2) is 0 Å². The Morgan fingerprint density at radius 1 is 1.45 bits per heavy atom. The van der Waals surface area contributed by atoms with E-state index >= 15 is 0 Å². The molecule has 0 radical (unpaired) electrons. The van der Waals surface area contributed by atoms with Gasteiger partial charge in [0.05, 0.1) is 0 Å². The van der Waals surface area contributed by atoms with Crippen LogP contribution in [0.4, 0.5) is 0 Å². The normalized spacial score (nSPS) is 22.6. The maximum atomic E-state index is 12.4. The van der Waals surface area contributed by atoms with Gasteiger partial charge in [-0.1, -0.05) is 12.2 Å². The number of aliphatic hydroxyl groups excluding tert-OH is 1. The van der Waals surface area contributed by atoms with Gasteiger partial charge in [-0.15, -0.1) is 0 Å². The highest BCUT2D eigenvalue weighted by molar-refractivity contribution is 7.89. The van der Waals surface area contributed by atoms with Gasteiger partial charge in [0, 0.05) is 36.3 Å². The van der Waals surface area contributed by atoms with Crippen LogP contribution in [0.1, 0.15) is 6.42 Å². The summed E-state index contributed by atoms with van der Waals surface area (Å²) < 4.78 is 27.4. The molecule has 0 saturated heterocycles. The van der Waals surface area contributed by atoms with E-state index in [0.717, 1.165) is 0 Å². The van der Waals surface area contributed by atoms with Gasteiger partial charge in [-0.3, -0.25) is 0 Å². The average molecular weight is 293 g/mol. The van der Waals surface area contributed by atoms with Crippen molar-refractivity contribution in [2.24, 2.45) is 5.92 Å². The van der Waals surface area contributed by atoms with Crippen molar-refractivity contribution in [1.82, 2.24) is 14.7 Å². The summed E-state index contributed by atoms with van der Waals surface area (Å²) in [6, 6.07) is 3.14. The van der Waals surface area contributed by atoms with Crippen molar-refractivity contribution < 1.29 is 13.5 Å². The predicted octanol–water partition coefficient (Wildman–Crippen LogP) is 0.778. The second kappa shape index (κ2) is 5.01. The first kappa shape index (κ1) is 13.3. The molecule has 2 aromatic rings. The van der Waals surface area contributed by atoms with E-state index in [0.29, 0.717) is 17.5 Å². The summed E-state index contributed by atoms with van der Waals surface area (Å²) in [5.74, 6) is 0.0207. The van der Waals surface area contributed by atoms with Crippen molar-refractivity contribution in [3.63, 3.8) is 0 Å². The first-order chi connectivity index (χ1) is 9.60. The van der Waals surface area contributed by atoms with Crippen molar-refractivity contribution in [3.05, 3.63) is 36.7 Å². The molecular weight excluding hydrogens is 278 g/mol. The number of aliphatic hydroxyl groups is 1. The number of nitrogens with zero attached hydrogens (tertiary/aromatic N) is 1. The zero-order valence-corrected chi connectivity index (χ0v) is 11.5. The Morgan fingerprint density at radius 2 is 2.30 bits per heavy atom. The molecule has 106 valence electrons. The smallest absolute Gasteiger partial charge is 0.243 e. The molecule has 0 saturated carbocycles. The Hall–Kier alpha value is -1.70. The zero-order valence-electron chi connectivity index (χ0n) is 10.7. The SMILES string of the molecule is O=S(=O)(N[C@@H]1C=C[C@H](CO)C1)c1c[nH]c2ncccc12. The Kier molecular flexibility index (Phi) is 3.33. The monoisotopic (exact) mass is 293 g/mol. The molecule has 3 N–H and O–H groups in total. The van der Waals surface area contributed by atoms with Crippen LogP contribution < -0.4 is 4.72 Å². The summed E-state index contributed by atoms with van der Waals surface area (Å²) in [6.45, 7) is 0.0335. The molecule has 2 atom stereocenters. The van der Waals surface area contributed by atoms with Crippen LogP contribution in [0, 0.1) is 5.92 Å². The minimum atomic E-state index is -3.61. The van der Waals surface area contributed by atoms with Crippen LogP contribution in [0.25, 0.3) is 11.0 Å². The number of nitrogens with one attached hydrogen (secondary N) is 2. The highest BCUT2D eigenvalue weighted by Gasteiger charge is 2.26. The van der Waals surface area contributed by atoms with Crippen LogP contribution >= 0.6 is 0 Å². The lowest BCUT2D eigenvalue weighted by atomic mass is 10.1. The molecule has 0 aliphatic heterocycles. The summed E-state index contributed by atoms with van der Waals surface area (Å²) in [6.07, 6.45) is 7.25. The van der Waals surface area contributed by atoms with Crippen LogP contribution in [-0.4, -0.2) is 36.1 Å². The zero-order chi connectivity index (χ0) is 14.2. The van der Waals surface area contributed by atoms with Gasteiger partial charge >= 0.3 is 0 Å². The van der Waals surface area contributed by atoms with Crippen molar-refractivity contribution in [1.29, 1.82) is 0 Å². The lowest BCUT2D eigenvalue weighted by Gasteiger charge is -2.12. The molecule has 0 fully saturated rings. The highest BCUT2D eigenvalue weighted by Crippen LogP contribution is 2.23. The van der Waals surface area contributed by atoms with E-state index in [9.17, 15) is 8.42 Å². The van der Waals surface area contributed by atoms with Crippen molar-refractivity contribution in [2.75, 3.05) is 6.61 Å². The molecule has 2 heterocycles. The second-order valence-electron chi connectivity index (χ2n) is 4.84. The molecule has 20 heavy (non-hydrogen) atoms. The predicted molar refractivity (Wildman–Crippen MR) is 74.5 cm³/mol. The summed E-state index contributed by atoms with van der Waals surface area (Å²) in [5.41, 5.74) is 0.545. The first-order valence-corrected chi connectivity index (χ1v) is 7.82. The Labute approximate surface area is 116 Å². The third kappa shape index (κ3) is 2.35. The molecule has 1 aliphatic rings. The molecule has 0 amide bonds. The minimum Gasteiger partial charge on any atom is -0.396 e. The third-order valence-electron chi connectivity index (χ3n) is 3.42. The fraction of sp³-hybridized carbons (Fsp3) is 0.308. The van der Waals surface area contributed by atoms with Gasteiger partial charge < -0.3 is 10.1 Å². The van der Waals surface area contributed by atoms with Crippen LogP contribution in [0.5, 0.6) is 0 Å². The summed E-state index contributed by atoms with van der Waals surface area (Å²) in [4.78, 5) is 7.12. The fourth-order valence-corrected chi connectivity index (χ4v) is 3.78. The third-order valence-corrected chi connectivity index (χ3v) is 4.95. The lowest BCUT2D eigenvalue weighted by molar-refractivity contribution is 0.248. The number of hydrogen-bond donors (Lipinski definition) is 3. The van der Waals surface area contributed by atoms with E-state index in [2.05, 4.69) is 14.7 Å². The topological polar surface area (TPSA) is 95.1 Å². The van der Waals surface area contributed by atoms with Crippen molar-refractivity contribution in [3.8, 4) is 0 Å². The Bertz CT molecular complexity index is 751. The molecule has 0 aromatic carbocycles. The molecular formula is C13H15N3O3S. The van der Waals surface area contributed by atoms with E-state index < -0.39 is 10.0 Å². The number of pyridine rings is 1. The lowest BCUT2D eigenvalue weighted by Crippen LogP contribution is -2.32. The number of sulfonamides is 1. The van der Waals surface area contributed by atoms with Crippen LogP contribution in [0.15, 0.2) is 41.6 Å². The molecule has 7 heteroatoms. The van der Waals surface area contributed by atoms with Crippen LogP contribution in [0.3, 0.4) is 0 Å². The van der Waals surface area contributed by atoms with Crippen molar-refractivity contribution >= 4 is 21.1 Å². The minimum absolute atomic E-state index is 0.0207. The summed E-state index contributed by atoms with van der Waals surface area (Å²) in [5, 5.41) is 9.64. The van der Waals surface area contributed by atoms with Gasteiger partial charge in [0.2, 0.25) is 10.0 Å². The highest BCUT2D eigenvalue weighted by atomic mass is 32.2. The number of hydrogen-bond acceptors (Lipinski definition) is 4.